The molecule has 0 radical (unpaired) electrons. The lowest BCUT2D eigenvalue weighted by Crippen LogP contribution is -2.34. The molecule has 0 spiro atoms. The number of rotatable bonds is 3. The summed E-state index contributed by atoms with van der Waals surface area (Å²) in [4.78, 5) is 11.8. The SMILES string of the molecule is O=C(NCC1CCCCC1Cl)c1cc(F)cc(F)c1. The normalized spacial score (nSPS) is 23.1. The van der Waals surface area contributed by atoms with Crippen LogP contribution in [0.5, 0.6) is 0 Å². The molecule has 0 aromatic heterocycles. The van der Waals surface area contributed by atoms with Gasteiger partial charge in [-0.2, -0.15) is 0 Å². The topological polar surface area (TPSA) is 29.1 Å². The van der Waals surface area contributed by atoms with Crippen molar-refractivity contribution in [1.29, 1.82) is 0 Å². The zero-order valence-electron chi connectivity index (χ0n) is 10.5. The third kappa shape index (κ3) is 3.90. The van der Waals surface area contributed by atoms with Gasteiger partial charge in [0.25, 0.3) is 5.91 Å². The average molecular weight is 288 g/mol. The summed E-state index contributed by atoms with van der Waals surface area (Å²) in [6.07, 6.45) is 4.16. The van der Waals surface area contributed by atoms with Crippen molar-refractivity contribution in [3.05, 3.63) is 35.4 Å². The van der Waals surface area contributed by atoms with Crippen molar-refractivity contribution >= 4 is 17.5 Å². The molecule has 1 aliphatic rings. The second kappa shape index (κ2) is 6.33. The van der Waals surface area contributed by atoms with E-state index >= 15 is 0 Å². The van der Waals surface area contributed by atoms with Crippen LogP contribution in [-0.4, -0.2) is 17.8 Å². The van der Waals surface area contributed by atoms with E-state index in [0.717, 1.165) is 43.9 Å². The van der Waals surface area contributed by atoms with Crippen molar-refractivity contribution in [2.75, 3.05) is 6.54 Å². The first-order chi connectivity index (χ1) is 9.06. The Morgan fingerprint density at radius 3 is 2.47 bits per heavy atom. The Morgan fingerprint density at radius 1 is 1.21 bits per heavy atom. The molecule has 19 heavy (non-hydrogen) atoms. The minimum atomic E-state index is -0.752. The van der Waals surface area contributed by atoms with Crippen molar-refractivity contribution in [2.24, 2.45) is 5.92 Å². The summed E-state index contributed by atoms with van der Waals surface area (Å²) in [6.45, 7) is 0.450. The molecule has 5 heteroatoms. The first kappa shape index (κ1) is 14.3. The highest BCUT2D eigenvalue weighted by Gasteiger charge is 2.23. The second-order valence-corrected chi connectivity index (χ2v) is 5.49. The monoisotopic (exact) mass is 287 g/mol. The van der Waals surface area contributed by atoms with Crippen LogP contribution in [0.15, 0.2) is 18.2 Å². The zero-order valence-corrected chi connectivity index (χ0v) is 11.2. The molecule has 2 unspecified atom stereocenters. The zero-order chi connectivity index (χ0) is 13.8. The van der Waals surface area contributed by atoms with Crippen LogP contribution in [0.1, 0.15) is 36.0 Å². The molecule has 0 saturated heterocycles. The van der Waals surface area contributed by atoms with E-state index in [-0.39, 0.29) is 16.9 Å². The summed E-state index contributed by atoms with van der Waals surface area (Å²) >= 11 is 6.19. The lowest BCUT2D eigenvalue weighted by molar-refractivity contribution is 0.0943. The predicted molar refractivity (Wildman–Crippen MR) is 70.3 cm³/mol. The summed E-state index contributed by atoms with van der Waals surface area (Å²) in [6, 6.07) is 2.79. The molecular weight excluding hydrogens is 272 g/mol. The molecule has 1 aromatic rings. The van der Waals surface area contributed by atoms with E-state index in [2.05, 4.69) is 5.32 Å². The number of amides is 1. The molecular formula is C14H16ClF2NO. The summed E-state index contributed by atoms with van der Waals surface area (Å²) in [5, 5.41) is 2.76. The van der Waals surface area contributed by atoms with Gasteiger partial charge in [-0.05, 0) is 30.9 Å². The fourth-order valence-electron chi connectivity index (χ4n) is 2.40. The fraction of sp³-hybridized carbons (Fsp3) is 0.500. The fourth-order valence-corrected chi connectivity index (χ4v) is 2.77. The van der Waals surface area contributed by atoms with Gasteiger partial charge in [0.05, 0.1) is 0 Å². The van der Waals surface area contributed by atoms with Gasteiger partial charge in [-0.15, -0.1) is 11.6 Å². The number of alkyl halides is 1. The van der Waals surface area contributed by atoms with Crippen molar-refractivity contribution < 1.29 is 13.6 Å². The third-order valence-corrected chi connectivity index (χ3v) is 4.04. The van der Waals surface area contributed by atoms with Crippen LogP contribution in [0.25, 0.3) is 0 Å². The highest BCUT2D eigenvalue weighted by molar-refractivity contribution is 6.20. The Morgan fingerprint density at radius 2 is 1.84 bits per heavy atom. The second-order valence-electron chi connectivity index (χ2n) is 4.93. The lowest BCUT2D eigenvalue weighted by Gasteiger charge is -2.27. The Hall–Kier alpha value is -1.16. The van der Waals surface area contributed by atoms with Gasteiger partial charge in [-0.1, -0.05) is 12.8 Å². The van der Waals surface area contributed by atoms with Gasteiger partial charge in [0.2, 0.25) is 0 Å². The number of hydrogen-bond donors (Lipinski definition) is 1. The summed E-state index contributed by atoms with van der Waals surface area (Å²) < 4.78 is 26.0. The average Bonchev–Trinajstić information content (AvgIpc) is 2.36. The highest BCUT2D eigenvalue weighted by atomic mass is 35.5. The number of halogens is 3. The molecule has 0 aliphatic heterocycles. The van der Waals surface area contributed by atoms with E-state index in [1.54, 1.807) is 0 Å². The molecule has 104 valence electrons. The predicted octanol–water partition coefficient (Wildman–Crippen LogP) is 3.49. The quantitative estimate of drug-likeness (QED) is 0.847. The van der Waals surface area contributed by atoms with Crippen molar-refractivity contribution in [3.8, 4) is 0 Å². The molecule has 0 heterocycles. The number of carbonyl (C=O) groups is 1. The molecule has 1 aromatic carbocycles. The van der Waals surface area contributed by atoms with E-state index < -0.39 is 17.5 Å². The Bertz CT molecular complexity index is 447. The van der Waals surface area contributed by atoms with Gasteiger partial charge >= 0.3 is 0 Å². The summed E-state index contributed by atoms with van der Waals surface area (Å²) in [5.74, 6) is -1.73. The molecule has 1 saturated carbocycles. The van der Waals surface area contributed by atoms with Crippen LogP contribution < -0.4 is 5.32 Å². The number of hydrogen-bond acceptors (Lipinski definition) is 1. The van der Waals surface area contributed by atoms with E-state index in [0.29, 0.717) is 6.54 Å². The van der Waals surface area contributed by atoms with Crippen LogP contribution in [0.2, 0.25) is 0 Å². The minimum Gasteiger partial charge on any atom is -0.352 e. The lowest BCUT2D eigenvalue weighted by atomic mass is 9.88. The number of benzene rings is 1. The number of carbonyl (C=O) groups excluding carboxylic acids is 1. The maximum Gasteiger partial charge on any atom is 0.251 e. The molecule has 1 fully saturated rings. The Kier molecular flexibility index (Phi) is 4.75. The van der Waals surface area contributed by atoms with Crippen molar-refractivity contribution in [3.63, 3.8) is 0 Å². The van der Waals surface area contributed by atoms with E-state index in [1.165, 1.54) is 0 Å². The molecule has 0 bridgehead atoms. The van der Waals surface area contributed by atoms with Gasteiger partial charge in [-0.3, -0.25) is 4.79 Å². The van der Waals surface area contributed by atoms with E-state index in [4.69, 9.17) is 11.6 Å². The van der Waals surface area contributed by atoms with Crippen molar-refractivity contribution in [2.45, 2.75) is 31.1 Å². The van der Waals surface area contributed by atoms with Crippen LogP contribution in [0, 0.1) is 17.6 Å². The maximum absolute atomic E-state index is 13.0. The Balaban J connectivity index is 1.93. The van der Waals surface area contributed by atoms with E-state index in [9.17, 15) is 13.6 Å². The van der Waals surface area contributed by atoms with Gasteiger partial charge < -0.3 is 5.32 Å². The van der Waals surface area contributed by atoms with Crippen LogP contribution in [0.4, 0.5) is 8.78 Å². The third-order valence-electron chi connectivity index (χ3n) is 3.47. The van der Waals surface area contributed by atoms with Gasteiger partial charge in [0.1, 0.15) is 11.6 Å². The molecule has 2 atom stereocenters. The highest BCUT2D eigenvalue weighted by Crippen LogP contribution is 2.28. The molecule has 1 aliphatic carbocycles. The first-order valence-corrected chi connectivity index (χ1v) is 6.88. The number of nitrogens with one attached hydrogen (secondary N) is 1. The van der Waals surface area contributed by atoms with Crippen LogP contribution >= 0.6 is 11.6 Å². The van der Waals surface area contributed by atoms with Gasteiger partial charge in [-0.25, -0.2) is 8.78 Å². The smallest absolute Gasteiger partial charge is 0.251 e. The van der Waals surface area contributed by atoms with Crippen molar-refractivity contribution in [1.82, 2.24) is 5.32 Å². The standard InChI is InChI=1S/C14H16ClF2NO/c15-13-4-2-1-3-9(13)8-18-14(19)10-5-11(16)7-12(17)6-10/h5-7,9,13H,1-4,8H2,(H,18,19). The van der Waals surface area contributed by atoms with Crippen LogP contribution in [0.3, 0.4) is 0 Å². The molecule has 1 amide bonds. The van der Waals surface area contributed by atoms with Gasteiger partial charge in [0.15, 0.2) is 0 Å². The molecule has 1 N–H and O–H groups in total. The first-order valence-electron chi connectivity index (χ1n) is 6.44. The minimum absolute atomic E-state index is 0.000526. The van der Waals surface area contributed by atoms with Crippen LogP contribution in [-0.2, 0) is 0 Å². The largest absolute Gasteiger partial charge is 0.352 e. The Labute approximate surface area is 116 Å². The summed E-state index contributed by atoms with van der Waals surface area (Å²) in [5.41, 5.74) is -0.000526. The van der Waals surface area contributed by atoms with Gasteiger partial charge in [0, 0.05) is 23.6 Å². The molecule has 2 nitrogen and oxygen atoms in total. The maximum atomic E-state index is 13.0. The van der Waals surface area contributed by atoms with E-state index in [1.807, 2.05) is 0 Å². The molecule has 2 rings (SSSR count). The summed E-state index contributed by atoms with van der Waals surface area (Å²) in [7, 11) is 0.